The molecule has 26 heavy (non-hydrogen) atoms. The fraction of sp³-hybridized carbons (Fsp3) is 0.632. The van der Waals surface area contributed by atoms with Gasteiger partial charge in [-0.3, -0.25) is 8.98 Å². The molecule has 1 saturated carbocycles. The van der Waals surface area contributed by atoms with E-state index in [1.807, 2.05) is 27.7 Å². The van der Waals surface area contributed by atoms with Gasteiger partial charge in [-0.2, -0.15) is 8.42 Å². The molecule has 2 rings (SSSR count). The zero-order valence-electron chi connectivity index (χ0n) is 15.9. The molecule has 1 aliphatic carbocycles. The topological polar surface area (TPSA) is 81.7 Å². The Kier molecular flexibility index (Phi) is 6.82. The van der Waals surface area contributed by atoms with Gasteiger partial charge in [-0.1, -0.05) is 17.7 Å². The molecule has 0 radical (unpaired) electrons. The van der Waals surface area contributed by atoms with Crippen molar-refractivity contribution < 1.29 is 22.1 Å². The maximum atomic E-state index is 12.3. The fourth-order valence-electron chi connectivity index (χ4n) is 2.91. The number of hydrogen-bond acceptors (Lipinski definition) is 6. The quantitative estimate of drug-likeness (QED) is 0.601. The van der Waals surface area contributed by atoms with Crippen LogP contribution < -0.4 is 5.32 Å². The molecule has 1 fully saturated rings. The summed E-state index contributed by atoms with van der Waals surface area (Å²) >= 11 is 0. The SMILES string of the molecule is Cc1ccc(S(=O)(=O)OC2CCC(NCC(=O)OC(C)(C)C)CC2)cc1. The van der Waals surface area contributed by atoms with Crippen LogP contribution in [0.2, 0.25) is 0 Å². The summed E-state index contributed by atoms with van der Waals surface area (Å²) in [5.74, 6) is -0.280. The number of carbonyl (C=O) groups is 1. The van der Waals surface area contributed by atoms with E-state index in [-0.39, 0.29) is 29.6 Å². The van der Waals surface area contributed by atoms with E-state index in [0.717, 1.165) is 18.4 Å². The predicted octanol–water partition coefficient (Wildman–Crippen LogP) is 2.94. The van der Waals surface area contributed by atoms with Gasteiger partial charge in [0.05, 0.1) is 17.5 Å². The van der Waals surface area contributed by atoms with Crippen LogP contribution in [0.1, 0.15) is 52.0 Å². The molecule has 7 heteroatoms. The molecule has 6 nitrogen and oxygen atoms in total. The van der Waals surface area contributed by atoms with Crippen molar-refractivity contribution in [1.29, 1.82) is 0 Å². The maximum Gasteiger partial charge on any atom is 0.320 e. The number of hydrogen-bond donors (Lipinski definition) is 1. The smallest absolute Gasteiger partial charge is 0.320 e. The van der Waals surface area contributed by atoms with Crippen molar-refractivity contribution in [3.63, 3.8) is 0 Å². The first-order valence-corrected chi connectivity index (χ1v) is 10.4. The van der Waals surface area contributed by atoms with Crippen LogP contribution in [-0.2, 0) is 23.8 Å². The Labute approximate surface area is 156 Å². The minimum Gasteiger partial charge on any atom is -0.459 e. The highest BCUT2D eigenvalue weighted by molar-refractivity contribution is 7.86. The zero-order valence-corrected chi connectivity index (χ0v) is 16.8. The lowest BCUT2D eigenvalue weighted by molar-refractivity contribution is -0.153. The van der Waals surface area contributed by atoms with Crippen molar-refractivity contribution in [3.8, 4) is 0 Å². The highest BCUT2D eigenvalue weighted by Gasteiger charge is 2.27. The molecule has 1 aliphatic rings. The molecule has 0 aliphatic heterocycles. The Bertz CT molecular complexity index is 698. The summed E-state index contributed by atoms with van der Waals surface area (Å²) in [6.07, 6.45) is 2.47. The van der Waals surface area contributed by atoms with E-state index in [2.05, 4.69) is 5.32 Å². The van der Waals surface area contributed by atoms with Crippen molar-refractivity contribution in [2.45, 2.75) is 76.0 Å². The van der Waals surface area contributed by atoms with Gasteiger partial charge in [0.25, 0.3) is 10.1 Å². The van der Waals surface area contributed by atoms with E-state index in [9.17, 15) is 13.2 Å². The fourth-order valence-corrected chi connectivity index (χ4v) is 4.04. The van der Waals surface area contributed by atoms with Gasteiger partial charge in [0.15, 0.2) is 0 Å². The van der Waals surface area contributed by atoms with Gasteiger partial charge in [-0.05, 0) is 65.5 Å². The minimum absolute atomic E-state index is 0.162. The Morgan fingerprint density at radius 2 is 1.69 bits per heavy atom. The number of benzene rings is 1. The molecule has 0 saturated heterocycles. The number of aryl methyl sites for hydroxylation is 1. The predicted molar refractivity (Wildman–Crippen MR) is 99.3 cm³/mol. The molecule has 0 amide bonds. The van der Waals surface area contributed by atoms with Crippen LogP contribution in [0.25, 0.3) is 0 Å². The number of ether oxygens (including phenoxy) is 1. The van der Waals surface area contributed by atoms with E-state index < -0.39 is 15.7 Å². The van der Waals surface area contributed by atoms with Crippen LogP contribution >= 0.6 is 0 Å². The summed E-state index contributed by atoms with van der Waals surface area (Å²) in [6.45, 7) is 7.57. The summed E-state index contributed by atoms with van der Waals surface area (Å²) in [7, 11) is -3.73. The van der Waals surface area contributed by atoms with Crippen molar-refractivity contribution in [2.24, 2.45) is 0 Å². The van der Waals surface area contributed by atoms with Gasteiger partial charge in [0, 0.05) is 6.04 Å². The standard InChI is InChI=1S/C19H29NO5S/c1-14-5-11-17(12-6-14)26(22,23)25-16-9-7-15(8-10-16)20-13-18(21)24-19(2,3)4/h5-6,11-12,15-16,20H,7-10,13H2,1-4H3. The van der Waals surface area contributed by atoms with Crippen molar-refractivity contribution in [1.82, 2.24) is 5.32 Å². The van der Waals surface area contributed by atoms with Crippen LogP contribution in [0.4, 0.5) is 0 Å². The maximum absolute atomic E-state index is 12.3. The van der Waals surface area contributed by atoms with Gasteiger partial charge in [0.2, 0.25) is 0 Å². The molecule has 0 atom stereocenters. The van der Waals surface area contributed by atoms with E-state index >= 15 is 0 Å². The largest absolute Gasteiger partial charge is 0.459 e. The average molecular weight is 384 g/mol. The Morgan fingerprint density at radius 3 is 2.23 bits per heavy atom. The monoisotopic (exact) mass is 383 g/mol. The normalized spacial score (nSPS) is 21.4. The molecule has 0 heterocycles. The molecule has 1 aromatic rings. The summed E-state index contributed by atoms with van der Waals surface area (Å²) in [5.41, 5.74) is 0.509. The zero-order chi connectivity index (χ0) is 19.4. The molecule has 1 aromatic carbocycles. The summed E-state index contributed by atoms with van der Waals surface area (Å²) in [6, 6.07) is 6.82. The van der Waals surface area contributed by atoms with Gasteiger partial charge in [0.1, 0.15) is 5.60 Å². The van der Waals surface area contributed by atoms with Crippen LogP contribution in [0, 0.1) is 6.92 Å². The Hall–Kier alpha value is -1.44. The second-order valence-corrected chi connectivity index (χ2v) is 9.38. The van der Waals surface area contributed by atoms with E-state index in [0.29, 0.717) is 12.8 Å². The van der Waals surface area contributed by atoms with Crippen LogP contribution in [0.15, 0.2) is 29.2 Å². The molecular weight excluding hydrogens is 354 g/mol. The third-order valence-corrected chi connectivity index (χ3v) is 5.58. The van der Waals surface area contributed by atoms with E-state index in [4.69, 9.17) is 8.92 Å². The Morgan fingerprint density at radius 1 is 1.12 bits per heavy atom. The number of esters is 1. The first kappa shape index (κ1) is 20.9. The van der Waals surface area contributed by atoms with Crippen LogP contribution in [-0.4, -0.2) is 38.7 Å². The number of carbonyl (C=O) groups excluding carboxylic acids is 1. The van der Waals surface area contributed by atoms with Gasteiger partial charge < -0.3 is 10.1 Å². The van der Waals surface area contributed by atoms with Gasteiger partial charge >= 0.3 is 5.97 Å². The molecule has 0 aromatic heterocycles. The van der Waals surface area contributed by atoms with Gasteiger partial charge in [-0.15, -0.1) is 0 Å². The minimum atomic E-state index is -3.73. The first-order chi connectivity index (χ1) is 12.0. The molecule has 0 unspecified atom stereocenters. The third kappa shape index (κ3) is 6.70. The lowest BCUT2D eigenvalue weighted by Gasteiger charge is -2.29. The molecule has 1 N–H and O–H groups in total. The summed E-state index contributed by atoms with van der Waals surface area (Å²) in [4.78, 5) is 11.9. The summed E-state index contributed by atoms with van der Waals surface area (Å²) in [5, 5.41) is 3.19. The van der Waals surface area contributed by atoms with E-state index in [1.54, 1.807) is 24.3 Å². The Balaban J connectivity index is 1.78. The molecule has 0 bridgehead atoms. The van der Waals surface area contributed by atoms with Crippen molar-refractivity contribution in [2.75, 3.05) is 6.54 Å². The highest BCUT2D eigenvalue weighted by Crippen LogP contribution is 2.25. The summed E-state index contributed by atoms with van der Waals surface area (Å²) < 4.78 is 35.3. The molecule has 0 spiro atoms. The second kappa shape index (κ2) is 8.50. The van der Waals surface area contributed by atoms with E-state index in [1.165, 1.54) is 0 Å². The van der Waals surface area contributed by atoms with Crippen LogP contribution in [0.3, 0.4) is 0 Å². The van der Waals surface area contributed by atoms with Crippen LogP contribution in [0.5, 0.6) is 0 Å². The molecule has 146 valence electrons. The average Bonchev–Trinajstić information content (AvgIpc) is 2.53. The van der Waals surface area contributed by atoms with Gasteiger partial charge in [-0.25, -0.2) is 0 Å². The molecular formula is C19H29NO5S. The lowest BCUT2D eigenvalue weighted by Crippen LogP contribution is -2.40. The van der Waals surface area contributed by atoms with Crippen molar-refractivity contribution in [3.05, 3.63) is 29.8 Å². The third-order valence-electron chi connectivity index (χ3n) is 4.20. The highest BCUT2D eigenvalue weighted by atomic mass is 32.2. The lowest BCUT2D eigenvalue weighted by atomic mass is 9.93. The second-order valence-electron chi connectivity index (χ2n) is 7.80. The van der Waals surface area contributed by atoms with Crippen molar-refractivity contribution >= 4 is 16.1 Å². The first-order valence-electron chi connectivity index (χ1n) is 9.00. The number of rotatable bonds is 6. The number of nitrogens with one attached hydrogen (secondary N) is 1.